The van der Waals surface area contributed by atoms with Gasteiger partial charge in [0.2, 0.25) is 0 Å². The number of ether oxygens (including phenoxy) is 1. The third-order valence-corrected chi connectivity index (χ3v) is 2.26. The number of benzene rings is 1. The zero-order chi connectivity index (χ0) is 13.0. The molecule has 2 N–H and O–H groups in total. The van der Waals surface area contributed by atoms with Crippen molar-refractivity contribution >= 4 is 17.5 Å². The Hall–Kier alpha value is -2.63. The van der Waals surface area contributed by atoms with Gasteiger partial charge in [0.15, 0.2) is 0 Å². The molecule has 2 rings (SSSR count). The third kappa shape index (κ3) is 2.73. The Labute approximate surface area is 103 Å². The first-order valence-corrected chi connectivity index (χ1v) is 5.20. The number of methoxy groups -OCH3 is 1. The smallest absolute Gasteiger partial charge is 0.346 e. The molecule has 0 unspecified atom stereocenters. The van der Waals surface area contributed by atoms with Crippen molar-refractivity contribution in [2.75, 3.05) is 12.4 Å². The van der Waals surface area contributed by atoms with Gasteiger partial charge in [-0.15, -0.1) is 0 Å². The number of hydrogen-bond acceptors (Lipinski definition) is 5. The van der Waals surface area contributed by atoms with E-state index in [9.17, 15) is 9.59 Å². The average Bonchev–Trinajstić information content (AvgIpc) is 2.39. The van der Waals surface area contributed by atoms with Gasteiger partial charge in [0.25, 0.3) is 0 Å². The van der Waals surface area contributed by atoms with Gasteiger partial charge in [-0.1, -0.05) is 0 Å². The highest BCUT2D eigenvalue weighted by molar-refractivity contribution is 5.89. The SMILES string of the molecule is COC(=O)c1ccc(Nc2ccnc(=O)[nH]2)cc1. The van der Waals surface area contributed by atoms with Crippen LogP contribution in [0.3, 0.4) is 0 Å². The van der Waals surface area contributed by atoms with Gasteiger partial charge in [-0.3, -0.25) is 4.98 Å². The van der Waals surface area contributed by atoms with E-state index in [4.69, 9.17) is 0 Å². The minimum atomic E-state index is -0.425. The normalized spacial score (nSPS) is 9.83. The number of anilines is 2. The molecule has 0 aliphatic heterocycles. The predicted octanol–water partition coefficient (Wildman–Crippen LogP) is 1.30. The summed E-state index contributed by atoms with van der Waals surface area (Å²) in [4.78, 5) is 28.3. The van der Waals surface area contributed by atoms with Crippen LogP contribution in [0.25, 0.3) is 0 Å². The van der Waals surface area contributed by atoms with Gasteiger partial charge in [0, 0.05) is 11.9 Å². The Morgan fingerprint density at radius 1 is 1.28 bits per heavy atom. The van der Waals surface area contributed by atoms with E-state index in [0.29, 0.717) is 11.4 Å². The Morgan fingerprint density at radius 3 is 2.61 bits per heavy atom. The van der Waals surface area contributed by atoms with Gasteiger partial charge in [0.1, 0.15) is 5.82 Å². The molecule has 0 atom stereocenters. The number of aromatic nitrogens is 2. The fraction of sp³-hybridized carbons (Fsp3) is 0.0833. The molecule has 0 amide bonds. The van der Waals surface area contributed by atoms with Crippen LogP contribution >= 0.6 is 0 Å². The number of esters is 1. The minimum Gasteiger partial charge on any atom is -0.465 e. The molecule has 0 bridgehead atoms. The lowest BCUT2D eigenvalue weighted by atomic mass is 10.2. The predicted molar refractivity (Wildman–Crippen MR) is 65.9 cm³/mol. The van der Waals surface area contributed by atoms with Crippen molar-refractivity contribution in [1.29, 1.82) is 0 Å². The summed E-state index contributed by atoms with van der Waals surface area (Å²) < 4.78 is 4.60. The summed E-state index contributed by atoms with van der Waals surface area (Å²) in [6, 6.07) is 8.33. The molecule has 18 heavy (non-hydrogen) atoms. The second-order valence-electron chi connectivity index (χ2n) is 3.48. The minimum absolute atomic E-state index is 0.390. The molecule has 6 nitrogen and oxygen atoms in total. The number of rotatable bonds is 3. The second kappa shape index (κ2) is 5.13. The number of carbonyl (C=O) groups excluding carboxylic acids is 1. The molecule has 6 heteroatoms. The molecule has 0 aliphatic rings. The number of nitrogens with zero attached hydrogens (tertiary/aromatic N) is 1. The highest BCUT2D eigenvalue weighted by atomic mass is 16.5. The maximum atomic E-state index is 11.2. The highest BCUT2D eigenvalue weighted by Crippen LogP contribution is 2.14. The van der Waals surface area contributed by atoms with Gasteiger partial charge >= 0.3 is 11.7 Å². The van der Waals surface area contributed by atoms with E-state index < -0.39 is 5.69 Å². The largest absolute Gasteiger partial charge is 0.465 e. The summed E-state index contributed by atoms with van der Waals surface area (Å²) in [5, 5.41) is 2.98. The van der Waals surface area contributed by atoms with Crippen molar-refractivity contribution in [3.63, 3.8) is 0 Å². The highest BCUT2D eigenvalue weighted by Gasteiger charge is 2.04. The van der Waals surface area contributed by atoms with E-state index >= 15 is 0 Å². The van der Waals surface area contributed by atoms with Crippen LogP contribution in [0.1, 0.15) is 10.4 Å². The van der Waals surface area contributed by atoms with Gasteiger partial charge in [-0.25, -0.2) is 14.6 Å². The molecule has 0 saturated carbocycles. The topological polar surface area (TPSA) is 84.1 Å². The second-order valence-corrected chi connectivity index (χ2v) is 3.48. The van der Waals surface area contributed by atoms with Crippen molar-refractivity contribution in [2.24, 2.45) is 0 Å². The first kappa shape index (κ1) is 11.8. The molecule has 0 saturated heterocycles. The van der Waals surface area contributed by atoms with Crippen LogP contribution in [0, 0.1) is 0 Å². The van der Waals surface area contributed by atoms with Crippen molar-refractivity contribution in [1.82, 2.24) is 9.97 Å². The van der Waals surface area contributed by atoms with Crippen LogP contribution in [0.5, 0.6) is 0 Å². The monoisotopic (exact) mass is 245 g/mol. The van der Waals surface area contributed by atoms with E-state index in [-0.39, 0.29) is 5.97 Å². The molecule has 0 aliphatic carbocycles. The molecular weight excluding hydrogens is 234 g/mol. The average molecular weight is 245 g/mol. The van der Waals surface area contributed by atoms with Gasteiger partial charge in [-0.2, -0.15) is 0 Å². The summed E-state index contributed by atoms with van der Waals surface area (Å²) in [6.07, 6.45) is 1.41. The molecule has 1 aromatic heterocycles. The zero-order valence-corrected chi connectivity index (χ0v) is 9.64. The van der Waals surface area contributed by atoms with Crippen LogP contribution in [-0.2, 0) is 4.74 Å². The van der Waals surface area contributed by atoms with E-state index in [0.717, 1.165) is 5.69 Å². The quantitative estimate of drug-likeness (QED) is 0.796. The van der Waals surface area contributed by atoms with Gasteiger partial charge in [-0.05, 0) is 30.3 Å². The number of aromatic amines is 1. The summed E-state index contributed by atoms with van der Waals surface area (Å²) in [6.45, 7) is 0. The van der Waals surface area contributed by atoms with Gasteiger partial charge < -0.3 is 10.1 Å². The first-order valence-electron chi connectivity index (χ1n) is 5.20. The number of hydrogen-bond donors (Lipinski definition) is 2. The molecular formula is C12H11N3O3. The fourth-order valence-corrected chi connectivity index (χ4v) is 1.40. The lowest BCUT2D eigenvalue weighted by molar-refractivity contribution is 0.0601. The maximum absolute atomic E-state index is 11.2. The number of nitrogens with one attached hydrogen (secondary N) is 2. The van der Waals surface area contributed by atoms with Crippen molar-refractivity contribution in [3.05, 3.63) is 52.6 Å². The lowest BCUT2D eigenvalue weighted by Crippen LogP contribution is -2.10. The van der Waals surface area contributed by atoms with Crippen molar-refractivity contribution in [2.45, 2.75) is 0 Å². The van der Waals surface area contributed by atoms with E-state index in [1.54, 1.807) is 30.3 Å². The van der Waals surface area contributed by atoms with E-state index in [1.807, 2.05) is 0 Å². The van der Waals surface area contributed by atoms with Crippen LogP contribution in [0.4, 0.5) is 11.5 Å². The Balaban J connectivity index is 2.16. The Morgan fingerprint density at radius 2 is 2.00 bits per heavy atom. The van der Waals surface area contributed by atoms with E-state index in [2.05, 4.69) is 20.0 Å². The lowest BCUT2D eigenvalue weighted by Gasteiger charge is -2.06. The fourth-order valence-electron chi connectivity index (χ4n) is 1.40. The maximum Gasteiger partial charge on any atom is 0.346 e. The third-order valence-electron chi connectivity index (χ3n) is 2.26. The van der Waals surface area contributed by atoms with Crippen LogP contribution in [0.15, 0.2) is 41.3 Å². The molecule has 92 valence electrons. The number of H-pyrrole nitrogens is 1. The standard InChI is InChI=1S/C12H11N3O3/c1-18-11(16)8-2-4-9(5-3-8)14-10-6-7-13-12(17)15-10/h2-7H,1H3,(H2,13,14,15,17). The zero-order valence-electron chi connectivity index (χ0n) is 9.64. The number of carbonyl (C=O) groups is 1. The van der Waals surface area contributed by atoms with Crippen molar-refractivity contribution < 1.29 is 9.53 Å². The summed E-state index contributed by atoms with van der Waals surface area (Å²) in [7, 11) is 1.33. The van der Waals surface area contributed by atoms with E-state index in [1.165, 1.54) is 13.3 Å². The molecule has 0 spiro atoms. The van der Waals surface area contributed by atoms with Crippen molar-refractivity contribution in [3.8, 4) is 0 Å². The molecule has 1 heterocycles. The molecule has 2 aromatic rings. The van der Waals surface area contributed by atoms with Crippen LogP contribution in [0.2, 0.25) is 0 Å². The summed E-state index contributed by atoms with van der Waals surface area (Å²) >= 11 is 0. The van der Waals surface area contributed by atoms with Crippen LogP contribution in [-0.4, -0.2) is 23.0 Å². The van der Waals surface area contributed by atoms with Gasteiger partial charge in [0.05, 0.1) is 12.7 Å². The molecule has 0 fully saturated rings. The Kier molecular flexibility index (Phi) is 3.38. The first-order chi connectivity index (χ1) is 8.69. The van der Waals surface area contributed by atoms with Crippen LogP contribution < -0.4 is 11.0 Å². The Bertz CT molecular complexity index is 604. The summed E-state index contributed by atoms with van der Waals surface area (Å²) in [5.41, 5.74) is 0.780. The summed E-state index contributed by atoms with van der Waals surface area (Å²) in [5.74, 6) is 0.139. The molecule has 0 radical (unpaired) electrons. The molecule has 1 aromatic carbocycles.